The van der Waals surface area contributed by atoms with Gasteiger partial charge in [0.05, 0.1) is 21.4 Å². The maximum absolute atomic E-state index is 9.76. The molecule has 0 aromatic heterocycles. The number of anilines is 1. The first-order valence-corrected chi connectivity index (χ1v) is 6.99. The van der Waals surface area contributed by atoms with Crippen molar-refractivity contribution in [3.63, 3.8) is 0 Å². The summed E-state index contributed by atoms with van der Waals surface area (Å²) in [5.74, 6) is 0.0315. The van der Waals surface area contributed by atoms with Gasteiger partial charge in [-0.2, -0.15) is 5.10 Å². The van der Waals surface area contributed by atoms with Crippen LogP contribution in [0.5, 0.6) is 11.5 Å². The number of phenols is 2. The van der Waals surface area contributed by atoms with Crippen LogP contribution in [0.3, 0.4) is 0 Å². The molecule has 0 bridgehead atoms. The van der Waals surface area contributed by atoms with Crippen molar-refractivity contribution in [1.29, 1.82) is 0 Å². The highest BCUT2D eigenvalue weighted by Crippen LogP contribution is 2.33. The van der Waals surface area contributed by atoms with Gasteiger partial charge >= 0.3 is 0 Å². The van der Waals surface area contributed by atoms with Gasteiger partial charge in [0.1, 0.15) is 11.5 Å². The summed E-state index contributed by atoms with van der Waals surface area (Å²) < 4.78 is 0. The van der Waals surface area contributed by atoms with Crippen molar-refractivity contribution in [2.45, 2.75) is 6.92 Å². The van der Waals surface area contributed by atoms with Crippen LogP contribution in [0.2, 0.25) is 15.1 Å². The second-order valence-corrected chi connectivity index (χ2v) is 5.51. The van der Waals surface area contributed by atoms with Crippen molar-refractivity contribution in [2.24, 2.45) is 5.10 Å². The highest BCUT2D eigenvalue weighted by atomic mass is 35.5. The standard InChI is InChI=1S/C14H11Cl3N2O2/c1-7(10-6-9(20)2-3-13(10)21)18-19-14-11(16)4-8(15)5-12(14)17/h2-6,19-21H,1H3/b18-7+. The molecule has 0 radical (unpaired) electrons. The Morgan fingerprint density at radius 1 is 1.05 bits per heavy atom. The number of aromatic hydroxyl groups is 2. The molecule has 0 unspecified atom stereocenters. The van der Waals surface area contributed by atoms with E-state index in [0.717, 1.165) is 0 Å². The molecule has 0 atom stereocenters. The minimum absolute atomic E-state index is 0.00384. The van der Waals surface area contributed by atoms with Gasteiger partial charge in [-0.15, -0.1) is 0 Å². The van der Waals surface area contributed by atoms with Crippen LogP contribution in [-0.4, -0.2) is 15.9 Å². The van der Waals surface area contributed by atoms with E-state index in [1.54, 1.807) is 6.92 Å². The lowest BCUT2D eigenvalue weighted by atomic mass is 10.1. The summed E-state index contributed by atoms with van der Waals surface area (Å²) in [5, 5.41) is 24.4. The van der Waals surface area contributed by atoms with E-state index in [2.05, 4.69) is 10.5 Å². The molecule has 110 valence electrons. The lowest BCUT2D eigenvalue weighted by molar-refractivity contribution is 0.459. The third kappa shape index (κ3) is 3.73. The molecule has 0 aliphatic heterocycles. The lowest BCUT2D eigenvalue weighted by Gasteiger charge is -2.09. The average Bonchev–Trinajstić information content (AvgIpc) is 2.40. The zero-order chi connectivity index (χ0) is 15.6. The first-order valence-electron chi connectivity index (χ1n) is 5.85. The molecule has 2 aromatic rings. The monoisotopic (exact) mass is 344 g/mol. The van der Waals surface area contributed by atoms with E-state index >= 15 is 0 Å². The Balaban J connectivity index is 2.31. The van der Waals surface area contributed by atoms with Crippen LogP contribution in [0.4, 0.5) is 5.69 Å². The van der Waals surface area contributed by atoms with Crippen molar-refractivity contribution >= 4 is 46.2 Å². The molecule has 2 rings (SSSR count). The Morgan fingerprint density at radius 3 is 2.29 bits per heavy atom. The topological polar surface area (TPSA) is 64.9 Å². The summed E-state index contributed by atoms with van der Waals surface area (Å²) in [7, 11) is 0. The molecule has 21 heavy (non-hydrogen) atoms. The molecule has 0 amide bonds. The Kier molecular flexibility index (Phi) is 4.83. The number of hydrogen-bond acceptors (Lipinski definition) is 4. The quantitative estimate of drug-likeness (QED) is 0.421. The van der Waals surface area contributed by atoms with Gasteiger partial charge in [0.2, 0.25) is 0 Å². The average molecular weight is 346 g/mol. The molecule has 0 fully saturated rings. The predicted molar refractivity (Wildman–Crippen MR) is 87.1 cm³/mol. The number of nitrogens with zero attached hydrogens (tertiary/aromatic N) is 1. The summed E-state index contributed by atoms with van der Waals surface area (Å²) in [5.41, 5.74) is 3.97. The van der Waals surface area contributed by atoms with Crippen LogP contribution >= 0.6 is 34.8 Å². The summed E-state index contributed by atoms with van der Waals surface area (Å²) in [6, 6.07) is 7.24. The van der Waals surface area contributed by atoms with Gasteiger partial charge in [-0.3, -0.25) is 5.43 Å². The van der Waals surface area contributed by atoms with Crippen LogP contribution in [0.15, 0.2) is 35.4 Å². The molecule has 2 aromatic carbocycles. The highest BCUT2D eigenvalue weighted by Gasteiger charge is 2.09. The fourth-order valence-corrected chi connectivity index (χ4v) is 2.56. The number of hydrazone groups is 1. The first-order chi connectivity index (χ1) is 9.88. The van der Waals surface area contributed by atoms with Gasteiger partial charge < -0.3 is 10.2 Å². The van der Waals surface area contributed by atoms with Gasteiger partial charge in [-0.1, -0.05) is 34.8 Å². The molecule has 0 aliphatic rings. The van der Waals surface area contributed by atoms with Crippen molar-refractivity contribution in [3.05, 3.63) is 51.0 Å². The van der Waals surface area contributed by atoms with Crippen LogP contribution in [0.1, 0.15) is 12.5 Å². The zero-order valence-electron chi connectivity index (χ0n) is 10.9. The van der Waals surface area contributed by atoms with E-state index in [9.17, 15) is 10.2 Å². The molecule has 0 saturated heterocycles. The number of rotatable bonds is 3. The zero-order valence-corrected chi connectivity index (χ0v) is 13.1. The Labute approximate surface area is 136 Å². The molecule has 0 heterocycles. The minimum Gasteiger partial charge on any atom is -0.508 e. The van der Waals surface area contributed by atoms with E-state index in [-0.39, 0.29) is 11.5 Å². The number of halogens is 3. The first kappa shape index (κ1) is 15.8. The van der Waals surface area contributed by atoms with Gasteiger partial charge in [0, 0.05) is 10.6 Å². The van der Waals surface area contributed by atoms with Crippen molar-refractivity contribution in [2.75, 3.05) is 5.43 Å². The summed E-state index contributed by atoms with van der Waals surface area (Å²) >= 11 is 17.9. The van der Waals surface area contributed by atoms with Crippen molar-refractivity contribution in [3.8, 4) is 11.5 Å². The van der Waals surface area contributed by atoms with Gasteiger partial charge in [-0.05, 0) is 37.3 Å². The molecule has 4 nitrogen and oxygen atoms in total. The highest BCUT2D eigenvalue weighted by molar-refractivity contribution is 6.41. The van der Waals surface area contributed by atoms with Crippen LogP contribution in [0, 0.1) is 0 Å². The number of benzene rings is 2. The Bertz CT molecular complexity index is 694. The smallest absolute Gasteiger partial charge is 0.124 e. The minimum atomic E-state index is 0.00384. The maximum atomic E-state index is 9.76. The lowest BCUT2D eigenvalue weighted by Crippen LogP contribution is -2.01. The molecule has 0 saturated carbocycles. The van der Waals surface area contributed by atoms with Crippen LogP contribution in [-0.2, 0) is 0 Å². The largest absolute Gasteiger partial charge is 0.508 e. The van der Waals surface area contributed by atoms with E-state index in [0.29, 0.717) is 32.0 Å². The van der Waals surface area contributed by atoms with Crippen molar-refractivity contribution in [1.82, 2.24) is 0 Å². The third-order valence-electron chi connectivity index (χ3n) is 2.71. The molecule has 3 N–H and O–H groups in total. The maximum Gasteiger partial charge on any atom is 0.124 e. The normalized spacial score (nSPS) is 11.5. The van der Waals surface area contributed by atoms with Gasteiger partial charge in [0.25, 0.3) is 0 Å². The number of hydrogen-bond donors (Lipinski definition) is 3. The summed E-state index contributed by atoms with van der Waals surface area (Å²) in [6.45, 7) is 1.67. The number of phenolic OH excluding ortho intramolecular Hbond substituents is 2. The fraction of sp³-hybridized carbons (Fsp3) is 0.0714. The third-order valence-corrected chi connectivity index (χ3v) is 3.53. The number of nitrogens with one attached hydrogen (secondary N) is 1. The second-order valence-electron chi connectivity index (χ2n) is 4.25. The molecular weight excluding hydrogens is 335 g/mol. The van der Waals surface area contributed by atoms with Crippen LogP contribution in [0.25, 0.3) is 0 Å². The van der Waals surface area contributed by atoms with Gasteiger partial charge in [0.15, 0.2) is 0 Å². The van der Waals surface area contributed by atoms with Crippen LogP contribution < -0.4 is 5.43 Å². The second kappa shape index (κ2) is 6.43. The van der Waals surface area contributed by atoms with E-state index < -0.39 is 0 Å². The predicted octanol–water partition coefficient (Wildman–Crippen LogP) is 4.89. The van der Waals surface area contributed by atoms with E-state index in [1.807, 2.05) is 0 Å². The Morgan fingerprint density at radius 2 is 1.67 bits per heavy atom. The summed E-state index contributed by atoms with van der Waals surface area (Å²) in [6.07, 6.45) is 0. The summed E-state index contributed by atoms with van der Waals surface area (Å²) in [4.78, 5) is 0. The van der Waals surface area contributed by atoms with Gasteiger partial charge in [-0.25, -0.2) is 0 Å². The SMILES string of the molecule is C/C(=N\Nc1c(Cl)cc(Cl)cc1Cl)c1cc(O)ccc1O. The Hall–Kier alpha value is -1.62. The molecule has 7 heteroatoms. The van der Waals surface area contributed by atoms with E-state index in [4.69, 9.17) is 34.8 Å². The molecular formula is C14H11Cl3N2O2. The molecule has 0 spiro atoms. The fourth-order valence-electron chi connectivity index (χ4n) is 1.66. The van der Waals surface area contributed by atoms with E-state index in [1.165, 1.54) is 30.3 Å². The molecule has 0 aliphatic carbocycles. The van der Waals surface area contributed by atoms with Crippen molar-refractivity contribution < 1.29 is 10.2 Å².